The van der Waals surface area contributed by atoms with Crippen LogP contribution in [-0.2, 0) is 0 Å². The van der Waals surface area contributed by atoms with Crippen molar-refractivity contribution in [3.63, 3.8) is 0 Å². The fraction of sp³-hybridized carbons (Fsp3) is 0.0833. The highest BCUT2D eigenvalue weighted by atomic mass is 19.1. The third kappa shape index (κ3) is 4.50. The Morgan fingerprint density at radius 1 is 0.909 bits per heavy atom. The molecule has 4 aromatic rings. The monoisotopic (exact) mass is 454 g/mol. The molecule has 9 heteroatoms. The molecule has 1 heterocycles. The minimum absolute atomic E-state index is 0.0638. The van der Waals surface area contributed by atoms with Crippen molar-refractivity contribution in [2.24, 2.45) is 0 Å². The van der Waals surface area contributed by atoms with E-state index in [1.54, 1.807) is 0 Å². The van der Waals surface area contributed by atoms with Crippen molar-refractivity contribution < 1.29 is 33.3 Å². The van der Waals surface area contributed by atoms with Gasteiger partial charge >= 0.3 is 0 Å². The minimum atomic E-state index is -1.14. The maximum absolute atomic E-state index is 13.8. The molecule has 1 unspecified atom stereocenters. The summed E-state index contributed by atoms with van der Waals surface area (Å²) in [5.41, 5.74) is 0.275. The molecule has 0 saturated carbocycles. The highest BCUT2D eigenvalue weighted by Gasteiger charge is 2.24. The van der Waals surface area contributed by atoms with Crippen LogP contribution in [0.5, 0.6) is 0 Å². The van der Waals surface area contributed by atoms with Crippen LogP contribution < -0.4 is 0 Å². The quantitative estimate of drug-likeness (QED) is 0.197. The number of H-pyrrole nitrogens is 1. The second-order valence-corrected chi connectivity index (χ2v) is 7.28. The van der Waals surface area contributed by atoms with E-state index in [1.165, 1.54) is 36.4 Å². The minimum Gasteiger partial charge on any atom is -0.506 e. The topological polar surface area (TPSA) is 106 Å². The number of Topliss-reactive ketones (excluding diaryl/α,β-unsaturated/α-hetero) is 1. The second-order valence-electron chi connectivity index (χ2n) is 7.28. The Hall–Kier alpha value is -3.95. The summed E-state index contributed by atoms with van der Waals surface area (Å²) in [4.78, 5) is 20.4. The standard InChI is InChI=1S/C24H17F3N2O4/c25-15-5-6-18-19(10-15)29-24(28-18)21(23(33)14-7-16(26)9-17(27)8-14)22(32)13-3-1-12(2-4-13)20(31)11-30/h1-10,20,30-31,33H,11H2,(H,28,29)/b23-21-. The molecular formula is C24H17F3N2O4. The van der Waals surface area contributed by atoms with E-state index in [1.807, 2.05) is 0 Å². The molecule has 0 aliphatic heterocycles. The summed E-state index contributed by atoms with van der Waals surface area (Å²) in [6.45, 7) is -0.514. The molecule has 168 valence electrons. The van der Waals surface area contributed by atoms with Gasteiger partial charge in [-0.3, -0.25) is 4.79 Å². The lowest BCUT2D eigenvalue weighted by atomic mass is 9.97. The number of hydrogen-bond acceptors (Lipinski definition) is 5. The lowest BCUT2D eigenvalue weighted by Gasteiger charge is -2.11. The summed E-state index contributed by atoms with van der Waals surface area (Å²) in [6, 6.07) is 11.6. The zero-order valence-electron chi connectivity index (χ0n) is 16.9. The SMILES string of the molecule is O=C(/C(=C(/O)c1cc(F)cc(F)c1)c1nc2ccc(F)cc2[nH]1)c1ccc(C(O)CO)cc1. The first kappa shape index (κ1) is 22.3. The molecule has 0 spiro atoms. The van der Waals surface area contributed by atoms with Gasteiger partial charge in [0.15, 0.2) is 0 Å². The molecule has 1 aromatic heterocycles. The Morgan fingerprint density at radius 3 is 2.21 bits per heavy atom. The summed E-state index contributed by atoms with van der Waals surface area (Å²) >= 11 is 0. The zero-order valence-corrected chi connectivity index (χ0v) is 16.9. The largest absolute Gasteiger partial charge is 0.506 e. The number of aliphatic hydroxyl groups excluding tert-OH is 3. The van der Waals surface area contributed by atoms with E-state index in [0.717, 1.165) is 18.2 Å². The molecule has 0 amide bonds. The van der Waals surface area contributed by atoms with Crippen molar-refractivity contribution in [3.8, 4) is 0 Å². The van der Waals surface area contributed by atoms with Crippen molar-refractivity contribution in [2.75, 3.05) is 6.61 Å². The maximum atomic E-state index is 13.8. The van der Waals surface area contributed by atoms with Crippen LogP contribution in [-0.4, -0.2) is 37.7 Å². The molecule has 3 aromatic carbocycles. The number of rotatable bonds is 6. The van der Waals surface area contributed by atoms with Gasteiger partial charge in [0, 0.05) is 17.2 Å². The van der Waals surface area contributed by atoms with Crippen molar-refractivity contribution in [1.82, 2.24) is 9.97 Å². The first-order valence-electron chi connectivity index (χ1n) is 9.75. The second kappa shape index (κ2) is 8.89. The molecule has 1 atom stereocenters. The number of imidazole rings is 1. The number of carbonyl (C=O) groups is 1. The molecule has 0 bridgehead atoms. The lowest BCUT2D eigenvalue weighted by Crippen LogP contribution is -2.09. The summed E-state index contributed by atoms with van der Waals surface area (Å²) in [5.74, 6) is -4.10. The summed E-state index contributed by atoms with van der Waals surface area (Å²) in [5, 5.41) is 29.7. The molecule has 0 saturated heterocycles. The summed E-state index contributed by atoms with van der Waals surface area (Å²) < 4.78 is 41.2. The van der Waals surface area contributed by atoms with Gasteiger partial charge in [-0.05, 0) is 35.9 Å². The third-order valence-corrected chi connectivity index (χ3v) is 5.01. The fourth-order valence-corrected chi connectivity index (χ4v) is 3.37. The van der Waals surface area contributed by atoms with Crippen molar-refractivity contribution in [1.29, 1.82) is 0 Å². The van der Waals surface area contributed by atoms with E-state index in [-0.39, 0.29) is 22.5 Å². The maximum Gasteiger partial charge on any atom is 0.200 e. The molecule has 33 heavy (non-hydrogen) atoms. The predicted octanol–water partition coefficient (Wildman–Crippen LogP) is 4.32. The van der Waals surface area contributed by atoms with Crippen molar-refractivity contribution in [2.45, 2.75) is 6.10 Å². The summed E-state index contributed by atoms with van der Waals surface area (Å²) in [6.07, 6.45) is -1.14. The number of carbonyl (C=O) groups excluding carboxylic acids is 1. The number of aliphatic hydroxyl groups is 3. The number of fused-ring (bicyclic) bond motifs is 1. The number of hydrogen-bond donors (Lipinski definition) is 4. The Labute approximate surface area is 185 Å². The highest BCUT2D eigenvalue weighted by molar-refractivity contribution is 6.33. The van der Waals surface area contributed by atoms with Crippen molar-refractivity contribution in [3.05, 3.63) is 101 Å². The molecular weight excluding hydrogens is 437 g/mol. The normalized spacial score (nSPS) is 13.1. The van der Waals surface area contributed by atoms with E-state index in [4.69, 9.17) is 5.11 Å². The highest BCUT2D eigenvalue weighted by Crippen LogP contribution is 2.29. The fourth-order valence-electron chi connectivity index (χ4n) is 3.37. The van der Waals surface area contributed by atoms with Gasteiger partial charge in [-0.1, -0.05) is 24.3 Å². The van der Waals surface area contributed by atoms with Crippen LogP contribution in [0, 0.1) is 17.5 Å². The molecule has 4 N–H and O–H groups in total. The number of benzene rings is 3. The van der Waals surface area contributed by atoms with Crippen LogP contribution in [0.4, 0.5) is 13.2 Å². The zero-order chi connectivity index (χ0) is 23.7. The van der Waals surface area contributed by atoms with E-state index < -0.39 is 47.3 Å². The average Bonchev–Trinajstić information content (AvgIpc) is 3.20. The van der Waals surface area contributed by atoms with Crippen molar-refractivity contribution >= 4 is 28.1 Å². The first-order valence-corrected chi connectivity index (χ1v) is 9.75. The lowest BCUT2D eigenvalue weighted by molar-refractivity contribution is 0.0955. The molecule has 6 nitrogen and oxygen atoms in total. The number of aromatic amines is 1. The molecule has 0 aliphatic carbocycles. The number of aromatic nitrogens is 2. The van der Waals surface area contributed by atoms with Gasteiger partial charge < -0.3 is 20.3 Å². The van der Waals surface area contributed by atoms with Gasteiger partial charge in [0.25, 0.3) is 0 Å². The summed E-state index contributed by atoms with van der Waals surface area (Å²) in [7, 11) is 0. The third-order valence-electron chi connectivity index (χ3n) is 5.01. The van der Waals surface area contributed by atoms with Gasteiger partial charge in [-0.15, -0.1) is 0 Å². The van der Waals surface area contributed by atoms with Gasteiger partial charge in [-0.25, -0.2) is 18.2 Å². The molecule has 0 radical (unpaired) electrons. The van der Waals surface area contributed by atoms with Gasteiger partial charge in [0.2, 0.25) is 5.78 Å². The Balaban J connectivity index is 1.89. The number of nitrogens with zero attached hydrogens (tertiary/aromatic N) is 1. The van der Waals surface area contributed by atoms with Crippen LogP contribution in [0.1, 0.15) is 33.4 Å². The first-order chi connectivity index (χ1) is 15.8. The van der Waals surface area contributed by atoms with E-state index in [2.05, 4.69) is 9.97 Å². The van der Waals surface area contributed by atoms with Crippen LogP contribution in [0.15, 0.2) is 60.7 Å². The predicted molar refractivity (Wildman–Crippen MR) is 115 cm³/mol. The molecule has 0 fully saturated rings. The Kier molecular flexibility index (Phi) is 5.99. The number of ketones is 1. The molecule has 4 rings (SSSR count). The molecule has 0 aliphatic rings. The smallest absolute Gasteiger partial charge is 0.200 e. The van der Waals surface area contributed by atoms with Crippen LogP contribution in [0.2, 0.25) is 0 Å². The average molecular weight is 454 g/mol. The van der Waals surface area contributed by atoms with E-state index >= 15 is 0 Å². The van der Waals surface area contributed by atoms with Gasteiger partial charge in [0.05, 0.1) is 17.6 Å². The number of halogens is 3. The number of nitrogens with one attached hydrogen (secondary N) is 1. The Bertz CT molecular complexity index is 1360. The number of allylic oxidation sites excluding steroid dienone is 1. The van der Waals surface area contributed by atoms with Gasteiger partial charge in [-0.2, -0.15) is 0 Å². The van der Waals surface area contributed by atoms with Crippen LogP contribution in [0.25, 0.3) is 22.4 Å². The van der Waals surface area contributed by atoms with E-state index in [0.29, 0.717) is 17.1 Å². The van der Waals surface area contributed by atoms with Crippen LogP contribution >= 0.6 is 0 Å². The Morgan fingerprint density at radius 2 is 1.58 bits per heavy atom. The van der Waals surface area contributed by atoms with Crippen LogP contribution in [0.3, 0.4) is 0 Å². The van der Waals surface area contributed by atoms with Gasteiger partial charge in [0.1, 0.15) is 40.7 Å². The van der Waals surface area contributed by atoms with E-state index in [9.17, 15) is 28.2 Å².